The van der Waals surface area contributed by atoms with E-state index in [0.717, 1.165) is 30.0 Å². The summed E-state index contributed by atoms with van der Waals surface area (Å²) < 4.78 is 1.76. The fourth-order valence-electron chi connectivity index (χ4n) is 2.68. The lowest BCUT2D eigenvalue weighted by atomic mass is 10.2. The Hall–Kier alpha value is -2.62. The summed E-state index contributed by atoms with van der Waals surface area (Å²) >= 11 is 0. The van der Waals surface area contributed by atoms with Gasteiger partial charge < -0.3 is 5.32 Å². The molecular formula is C19H21N3O. The van der Waals surface area contributed by atoms with E-state index in [1.165, 1.54) is 5.56 Å². The SMILES string of the molecule is Cc1ccc(NCCCn2c(C)nc3ccccc3c2=O)cc1. The maximum atomic E-state index is 12.6. The fraction of sp³-hybridized carbons (Fsp3) is 0.263. The molecule has 0 radical (unpaired) electrons. The Bertz CT molecular complexity index is 866. The molecule has 4 heteroatoms. The summed E-state index contributed by atoms with van der Waals surface area (Å²) in [5.41, 5.74) is 3.17. The smallest absolute Gasteiger partial charge is 0.261 e. The van der Waals surface area contributed by atoms with Gasteiger partial charge in [0.1, 0.15) is 5.82 Å². The normalized spacial score (nSPS) is 10.9. The van der Waals surface area contributed by atoms with Crippen molar-refractivity contribution in [3.63, 3.8) is 0 Å². The van der Waals surface area contributed by atoms with Crippen LogP contribution in [0.15, 0.2) is 53.3 Å². The van der Waals surface area contributed by atoms with Gasteiger partial charge in [-0.25, -0.2) is 4.98 Å². The Balaban J connectivity index is 1.67. The first-order valence-electron chi connectivity index (χ1n) is 7.92. The molecule has 1 aromatic heterocycles. The third-order valence-corrected chi connectivity index (χ3v) is 3.99. The van der Waals surface area contributed by atoms with E-state index >= 15 is 0 Å². The Morgan fingerprint density at radius 1 is 1.04 bits per heavy atom. The second-order valence-corrected chi connectivity index (χ2v) is 5.78. The number of nitrogens with one attached hydrogen (secondary N) is 1. The number of benzene rings is 2. The van der Waals surface area contributed by atoms with Gasteiger partial charge in [0.2, 0.25) is 0 Å². The van der Waals surface area contributed by atoms with Gasteiger partial charge in [0.15, 0.2) is 0 Å². The number of para-hydroxylation sites is 1. The molecule has 0 aliphatic rings. The summed E-state index contributed by atoms with van der Waals surface area (Å²) in [4.78, 5) is 17.1. The van der Waals surface area contributed by atoms with E-state index in [2.05, 4.69) is 41.5 Å². The fourth-order valence-corrected chi connectivity index (χ4v) is 2.68. The molecule has 1 heterocycles. The molecule has 0 bridgehead atoms. The van der Waals surface area contributed by atoms with Crippen molar-refractivity contribution >= 4 is 16.6 Å². The molecule has 0 aliphatic carbocycles. The van der Waals surface area contributed by atoms with Gasteiger partial charge >= 0.3 is 0 Å². The van der Waals surface area contributed by atoms with E-state index in [1.54, 1.807) is 4.57 Å². The molecule has 0 atom stereocenters. The molecule has 3 aromatic rings. The number of aryl methyl sites for hydroxylation is 2. The van der Waals surface area contributed by atoms with E-state index in [9.17, 15) is 4.79 Å². The third-order valence-electron chi connectivity index (χ3n) is 3.99. The third kappa shape index (κ3) is 3.42. The van der Waals surface area contributed by atoms with Gasteiger partial charge in [-0.2, -0.15) is 0 Å². The monoisotopic (exact) mass is 307 g/mol. The summed E-state index contributed by atoms with van der Waals surface area (Å²) in [5, 5.41) is 4.07. The topological polar surface area (TPSA) is 46.9 Å². The molecule has 0 aliphatic heterocycles. The molecule has 3 rings (SSSR count). The number of anilines is 1. The van der Waals surface area contributed by atoms with Gasteiger partial charge in [-0.15, -0.1) is 0 Å². The number of hydrogen-bond acceptors (Lipinski definition) is 3. The molecule has 4 nitrogen and oxygen atoms in total. The van der Waals surface area contributed by atoms with Gasteiger partial charge in [-0.3, -0.25) is 9.36 Å². The number of rotatable bonds is 5. The van der Waals surface area contributed by atoms with Crippen LogP contribution in [-0.4, -0.2) is 16.1 Å². The molecule has 0 saturated heterocycles. The van der Waals surface area contributed by atoms with Crippen molar-refractivity contribution < 1.29 is 0 Å². The second-order valence-electron chi connectivity index (χ2n) is 5.78. The Morgan fingerprint density at radius 2 is 1.78 bits per heavy atom. The van der Waals surface area contributed by atoms with Crippen LogP contribution in [0.5, 0.6) is 0 Å². The summed E-state index contributed by atoms with van der Waals surface area (Å²) in [6, 6.07) is 15.8. The van der Waals surface area contributed by atoms with Crippen LogP contribution < -0.4 is 10.9 Å². The summed E-state index contributed by atoms with van der Waals surface area (Å²) in [7, 11) is 0. The van der Waals surface area contributed by atoms with Crippen molar-refractivity contribution in [2.45, 2.75) is 26.8 Å². The molecule has 0 unspecified atom stereocenters. The van der Waals surface area contributed by atoms with Gasteiger partial charge in [-0.1, -0.05) is 29.8 Å². The maximum absolute atomic E-state index is 12.6. The zero-order valence-corrected chi connectivity index (χ0v) is 13.5. The van der Waals surface area contributed by atoms with Crippen LogP contribution >= 0.6 is 0 Å². The minimum Gasteiger partial charge on any atom is -0.385 e. The van der Waals surface area contributed by atoms with Gasteiger partial charge in [0, 0.05) is 18.8 Å². The standard InChI is InChI=1S/C19H21N3O/c1-14-8-10-16(11-9-14)20-12-5-13-22-15(2)21-18-7-4-3-6-17(18)19(22)23/h3-4,6-11,20H,5,12-13H2,1-2H3. The van der Waals surface area contributed by atoms with Crippen molar-refractivity contribution in [3.05, 3.63) is 70.3 Å². The first-order chi connectivity index (χ1) is 11.1. The van der Waals surface area contributed by atoms with E-state index in [4.69, 9.17) is 0 Å². The molecular weight excluding hydrogens is 286 g/mol. The molecule has 0 amide bonds. The largest absolute Gasteiger partial charge is 0.385 e. The van der Waals surface area contributed by atoms with Crippen molar-refractivity contribution in [2.75, 3.05) is 11.9 Å². The summed E-state index contributed by atoms with van der Waals surface area (Å²) in [6.45, 7) is 5.45. The number of nitrogens with zero attached hydrogens (tertiary/aromatic N) is 2. The molecule has 0 fully saturated rings. The van der Waals surface area contributed by atoms with Crippen molar-refractivity contribution in [2.24, 2.45) is 0 Å². The van der Waals surface area contributed by atoms with Crippen molar-refractivity contribution in [1.82, 2.24) is 9.55 Å². The Morgan fingerprint density at radius 3 is 2.57 bits per heavy atom. The maximum Gasteiger partial charge on any atom is 0.261 e. The summed E-state index contributed by atoms with van der Waals surface area (Å²) in [6.07, 6.45) is 0.870. The van der Waals surface area contributed by atoms with E-state index in [1.807, 2.05) is 31.2 Å². The Labute approximate surface area is 135 Å². The van der Waals surface area contributed by atoms with Crippen molar-refractivity contribution in [1.29, 1.82) is 0 Å². The molecule has 1 N–H and O–H groups in total. The van der Waals surface area contributed by atoms with Crippen LogP contribution in [-0.2, 0) is 6.54 Å². The first-order valence-corrected chi connectivity index (χ1v) is 7.92. The predicted molar refractivity (Wildman–Crippen MR) is 95.0 cm³/mol. The number of hydrogen-bond donors (Lipinski definition) is 1. The zero-order valence-electron chi connectivity index (χ0n) is 13.5. The predicted octanol–water partition coefficient (Wildman–Crippen LogP) is 3.52. The lowest BCUT2D eigenvalue weighted by molar-refractivity contribution is 0.613. The van der Waals surface area contributed by atoms with Gasteiger partial charge in [0.25, 0.3) is 5.56 Å². The molecule has 0 spiro atoms. The van der Waals surface area contributed by atoms with Crippen LogP contribution in [0, 0.1) is 13.8 Å². The van der Waals surface area contributed by atoms with Crippen LogP contribution in [0.3, 0.4) is 0 Å². The minimum atomic E-state index is 0.0448. The van der Waals surface area contributed by atoms with Crippen LogP contribution in [0.2, 0.25) is 0 Å². The highest BCUT2D eigenvalue weighted by molar-refractivity contribution is 5.77. The lowest BCUT2D eigenvalue weighted by Gasteiger charge is -2.11. The zero-order chi connectivity index (χ0) is 16.2. The molecule has 118 valence electrons. The molecule has 23 heavy (non-hydrogen) atoms. The van der Waals surface area contributed by atoms with Gasteiger partial charge in [-0.05, 0) is 44.5 Å². The van der Waals surface area contributed by atoms with E-state index in [0.29, 0.717) is 11.9 Å². The lowest BCUT2D eigenvalue weighted by Crippen LogP contribution is -2.25. The first kappa shape index (κ1) is 15.3. The van der Waals surface area contributed by atoms with E-state index in [-0.39, 0.29) is 5.56 Å². The van der Waals surface area contributed by atoms with Gasteiger partial charge in [0.05, 0.1) is 10.9 Å². The Kier molecular flexibility index (Phi) is 4.42. The highest BCUT2D eigenvalue weighted by Gasteiger charge is 2.07. The molecule has 2 aromatic carbocycles. The molecule has 0 saturated carbocycles. The number of fused-ring (bicyclic) bond motifs is 1. The number of aromatic nitrogens is 2. The highest BCUT2D eigenvalue weighted by Crippen LogP contribution is 2.09. The van der Waals surface area contributed by atoms with E-state index < -0.39 is 0 Å². The highest BCUT2D eigenvalue weighted by atomic mass is 16.1. The quantitative estimate of drug-likeness (QED) is 0.734. The van der Waals surface area contributed by atoms with Crippen LogP contribution in [0.25, 0.3) is 10.9 Å². The van der Waals surface area contributed by atoms with Crippen LogP contribution in [0.4, 0.5) is 5.69 Å². The van der Waals surface area contributed by atoms with Crippen molar-refractivity contribution in [3.8, 4) is 0 Å². The second kappa shape index (κ2) is 6.65. The minimum absolute atomic E-state index is 0.0448. The average molecular weight is 307 g/mol. The van der Waals surface area contributed by atoms with Crippen LogP contribution in [0.1, 0.15) is 17.8 Å². The average Bonchev–Trinajstić information content (AvgIpc) is 2.55. The summed E-state index contributed by atoms with van der Waals surface area (Å²) in [5.74, 6) is 0.768.